The summed E-state index contributed by atoms with van der Waals surface area (Å²) in [6.45, 7) is 3.97. The van der Waals surface area contributed by atoms with Crippen molar-refractivity contribution in [1.29, 1.82) is 0 Å². The number of rotatable bonds is 5. The Bertz CT molecular complexity index is 830. The first-order valence-electron chi connectivity index (χ1n) is 8.13. The fraction of sp³-hybridized carbons (Fsp3) is 0.150. The molecule has 3 aromatic rings. The lowest BCUT2D eigenvalue weighted by Gasteiger charge is -2.14. The highest BCUT2D eigenvalue weighted by atomic mass is 16.1. The van der Waals surface area contributed by atoms with Crippen molar-refractivity contribution in [2.45, 2.75) is 19.9 Å². The van der Waals surface area contributed by atoms with Crippen molar-refractivity contribution in [3.8, 4) is 0 Å². The van der Waals surface area contributed by atoms with E-state index in [-0.39, 0.29) is 17.6 Å². The van der Waals surface area contributed by atoms with E-state index in [1.54, 1.807) is 6.20 Å². The number of amides is 1. The summed E-state index contributed by atoms with van der Waals surface area (Å²) in [6, 6.07) is 17.7. The van der Waals surface area contributed by atoms with Gasteiger partial charge in [0.25, 0.3) is 5.91 Å². The molecule has 1 aromatic heterocycles. The third kappa shape index (κ3) is 4.41. The molecule has 0 saturated carbocycles. The van der Waals surface area contributed by atoms with Crippen molar-refractivity contribution in [3.05, 3.63) is 83.8 Å². The number of aromatic nitrogens is 2. The van der Waals surface area contributed by atoms with Crippen LogP contribution in [0.5, 0.6) is 0 Å². The average Bonchev–Trinajstić information content (AvgIpc) is 2.65. The monoisotopic (exact) mass is 332 g/mol. The molecule has 0 aliphatic rings. The number of anilines is 2. The lowest BCUT2D eigenvalue weighted by atomic mass is 10.1. The van der Waals surface area contributed by atoms with E-state index in [2.05, 4.69) is 20.6 Å². The minimum absolute atomic E-state index is 0.0964. The Kier molecular flexibility index (Phi) is 5.04. The molecule has 126 valence electrons. The Balaban J connectivity index is 1.63. The van der Waals surface area contributed by atoms with Crippen LogP contribution in [0.2, 0.25) is 0 Å². The molecule has 0 saturated heterocycles. The molecule has 1 amide bonds. The molecule has 25 heavy (non-hydrogen) atoms. The Morgan fingerprint density at radius 3 is 2.32 bits per heavy atom. The predicted molar refractivity (Wildman–Crippen MR) is 98.8 cm³/mol. The van der Waals surface area contributed by atoms with Crippen LogP contribution in [0.4, 0.5) is 11.5 Å². The lowest BCUT2D eigenvalue weighted by molar-refractivity contribution is 0.0934. The fourth-order valence-electron chi connectivity index (χ4n) is 2.39. The maximum absolute atomic E-state index is 12.3. The zero-order valence-corrected chi connectivity index (χ0v) is 14.2. The Morgan fingerprint density at radius 2 is 1.68 bits per heavy atom. The second-order valence-corrected chi connectivity index (χ2v) is 5.88. The van der Waals surface area contributed by atoms with E-state index in [0.717, 1.165) is 11.3 Å². The summed E-state index contributed by atoms with van der Waals surface area (Å²) in [5, 5.41) is 6.08. The summed E-state index contributed by atoms with van der Waals surface area (Å²) in [5.41, 5.74) is 3.45. The molecule has 2 aromatic carbocycles. The maximum Gasteiger partial charge on any atom is 0.271 e. The van der Waals surface area contributed by atoms with E-state index in [9.17, 15) is 4.79 Å². The smallest absolute Gasteiger partial charge is 0.271 e. The molecule has 3 rings (SSSR count). The quantitative estimate of drug-likeness (QED) is 0.740. The van der Waals surface area contributed by atoms with Gasteiger partial charge in [-0.2, -0.15) is 0 Å². The van der Waals surface area contributed by atoms with Gasteiger partial charge in [-0.1, -0.05) is 48.0 Å². The minimum Gasteiger partial charge on any atom is -0.344 e. The Morgan fingerprint density at radius 1 is 0.960 bits per heavy atom. The third-order valence-electron chi connectivity index (χ3n) is 3.86. The van der Waals surface area contributed by atoms with Gasteiger partial charge in [0, 0.05) is 5.69 Å². The van der Waals surface area contributed by atoms with Crippen LogP contribution in [0.1, 0.15) is 34.6 Å². The van der Waals surface area contributed by atoms with Crippen LogP contribution in [0.25, 0.3) is 0 Å². The van der Waals surface area contributed by atoms with Crippen LogP contribution in [0, 0.1) is 6.92 Å². The van der Waals surface area contributed by atoms with Crippen molar-refractivity contribution in [2.24, 2.45) is 0 Å². The molecule has 0 bridgehead atoms. The minimum atomic E-state index is -0.245. The average molecular weight is 332 g/mol. The van der Waals surface area contributed by atoms with Crippen LogP contribution >= 0.6 is 0 Å². The number of carbonyl (C=O) groups is 1. The molecule has 1 atom stereocenters. The molecule has 0 aliphatic carbocycles. The largest absolute Gasteiger partial charge is 0.344 e. The molecule has 1 unspecified atom stereocenters. The number of benzene rings is 2. The number of hydrogen-bond donors (Lipinski definition) is 2. The number of carbonyl (C=O) groups excluding carboxylic acids is 1. The van der Waals surface area contributed by atoms with Crippen molar-refractivity contribution in [2.75, 3.05) is 5.32 Å². The summed E-state index contributed by atoms with van der Waals surface area (Å²) in [4.78, 5) is 20.8. The number of hydrogen-bond acceptors (Lipinski definition) is 4. The number of nitrogens with zero attached hydrogens (tertiary/aromatic N) is 2. The van der Waals surface area contributed by atoms with Gasteiger partial charge in [0.05, 0.1) is 18.4 Å². The molecule has 0 radical (unpaired) electrons. The molecule has 5 heteroatoms. The normalized spacial score (nSPS) is 11.6. The molecule has 2 N–H and O–H groups in total. The van der Waals surface area contributed by atoms with Crippen molar-refractivity contribution in [3.63, 3.8) is 0 Å². The van der Waals surface area contributed by atoms with Crippen molar-refractivity contribution < 1.29 is 4.79 Å². The second-order valence-electron chi connectivity index (χ2n) is 5.88. The first-order valence-corrected chi connectivity index (χ1v) is 8.13. The third-order valence-corrected chi connectivity index (χ3v) is 3.86. The summed E-state index contributed by atoms with van der Waals surface area (Å²) in [6.07, 6.45) is 3.03. The molecule has 0 fully saturated rings. The van der Waals surface area contributed by atoms with Crippen LogP contribution in [-0.4, -0.2) is 15.9 Å². The Hall–Kier alpha value is -3.21. The van der Waals surface area contributed by atoms with Gasteiger partial charge >= 0.3 is 0 Å². The molecule has 1 heterocycles. The van der Waals surface area contributed by atoms with Crippen LogP contribution < -0.4 is 10.6 Å². The van der Waals surface area contributed by atoms with Crippen LogP contribution in [0.15, 0.2) is 67.0 Å². The van der Waals surface area contributed by atoms with Crippen molar-refractivity contribution in [1.82, 2.24) is 15.3 Å². The highest BCUT2D eigenvalue weighted by Crippen LogP contribution is 2.15. The molecule has 0 aliphatic heterocycles. The summed E-state index contributed by atoms with van der Waals surface area (Å²) >= 11 is 0. The SMILES string of the molecule is Cc1ccc(Nc2cnc(C(=O)NC(C)c3ccccc3)cn2)cc1. The Labute approximate surface area is 147 Å². The highest BCUT2D eigenvalue weighted by Gasteiger charge is 2.12. The number of aryl methyl sites for hydroxylation is 1. The van der Waals surface area contributed by atoms with E-state index in [1.165, 1.54) is 11.8 Å². The van der Waals surface area contributed by atoms with Gasteiger partial charge in [-0.05, 0) is 31.5 Å². The maximum atomic E-state index is 12.3. The summed E-state index contributed by atoms with van der Waals surface area (Å²) in [5.74, 6) is 0.349. The summed E-state index contributed by atoms with van der Waals surface area (Å²) in [7, 11) is 0. The first kappa shape index (κ1) is 16.6. The summed E-state index contributed by atoms with van der Waals surface area (Å²) < 4.78 is 0. The van der Waals surface area contributed by atoms with E-state index in [1.807, 2.05) is 68.4 Å². The topological polar surface area (TPSA) is 66.9 Å². The first-order chi connectivity index (χ1) is 12.1. The fourth-order valence-corrected chi connectivity index (χ4v) is 2.39. The van der Waals surface area contributed by atoms with Gasteiger partial charge in [-0.15, -0.1) is 0 Å². The van der Waals surface area contributed by atoms with Crippen molar-refractivity contribution >= 4 is 17.4 Å². The van der Waals surface area contributed by atoms with Gasteiger partial charge < -0.3 is 10.6 Å². The molecule has 5 nitrogen and oxygen atoms in total. The van der Waals surface area contributed by atoms with Gasteiger partial charge in [0.2, 0.25) is 0 Å². The van der Waals surface area contributed by atoms with E-state index in [0.29, 0.717) is 5.82 Å². The van der Waals surface area contributed by atoms with Gasteiger partial charge in [0.1, 0.15) is 11.5 Å². The van der Waals surface area contributed by atoms with E-state index < -0.39 is 0 Å². The highest BCUT2D eigenvalue weighted by molar-refractivity contribution is 5.92. The molecular formula is C20H20N4O. The zero-order valence-electron chi connectivity index (χ0n) is 14.2. The number of nitrogens with one attached hydrogen (secondary N) is 2. The van der Waals surface area contributed by atoms with Crippen LogP contribution in [-0.2, 0) is 0 Å². The second kappa shape index (κ2) is 7.57. The predicted octanol–water partition coefficient (Wildman–Crippen LogP) is 4.02. The molecule has 0 spiro atoms. The van der Waals surface area contributed by atoms with E-state index in [4.69, 9.17) is 0 Å². The van der Waals surface area contributed by atoms with Gasteiger partial charge in [-0.3, -0.25) is 4.79 Å². The standard InChI is InChI=1S/C20H20N4O/c1-14-8-10-17(11-9-14)24-19-13-21-18(12-22-19)20(25)23-15(2)16-6-4-3-5-7-16/h3-13,15H,1-2H3,(H,22,24)(H,23,25). The zero-order chi connectivity index (χ0) is 17.6. The van der Waals surface area contributed by atoms with Crippen LogP contribution in [0.3, 0.4) is 0 Å². The van der Waals surface area contributed by atoms with Gasteiger partial charge in [-0.25, -0.2) is 9.97 Å². The lowest BCUT2D eigenvalue weighted by Crippen LogP contribution is -2.27. The van der Waals surface area contributed by atoms with Gasteiger partial charge in [0.15, 0.2) is 0 Å². The van der Waals surface area contributed by atoms with E-state index >= 15 is 0 Å². The molecular weight excluding hydrogens is 312 g/mol.